The van der Waals surface area contributed by atoms with E-state index in [1.165, 1.54) is 18.2 Å². The number of alkyl carbamates (subject to hydrolysis) is 1. The first kappa shape index (κ1) is 19.2. The van der Waals surface area contributed by atoms with Crippen LogP contribution in [0.2, 0.25) is 0 Å². The molecule has 0 bridgehead atoms. The third-order valence-electron chi connectivity index (χ3n) is 4.30. The van der Waals surface area contributed by atoms with Gasteiger partial charge in [0.05, 0.1) is 5.54 Å². The highest BCUT2D eigenvalue weighted by Gasteiger charge is 2.43. The Kier molecular flexibility index (Phi) is 5.40. The minimum atomic E-state index is -0.574. The van der Waals surface area contributed by atoms with Gasteiger partial charge in [0, 0.05) is 12.1 Å². The maximum Gasteiger partial charge on any atom is 0.407 e. The van der Waals surface area contributed by atoms with Crippen LogP contribution in [0.25, 0.3) is 0 Å². The Morgan fingerprint density at radius 2 is 1.88 bits per heavy atom. The molecule has 0 radical (unpaired) electrons. The molecular weight excluding hydrogens is 323 g/mol. The van der Waals surface area contributed by atoms with Gasteiger partial charge in [0.2, 0.25) is 0 Å². The Hall–Kier alpha value is -2.11. The predicted octanol–water partition coefficient (Wildman–Crippen LogP) is 3.56. The summed E-state index contributed by atoms with van der Waals surface area (Å²) in [4.78, 5) is 24.5. The van der Waals surface area contributed by atoms with Crippen LogP contribution < -0.4 is 10.6 Å². The number of carbonyl (C=O) groups excluding carboxylic acids is 2. The molecule has 138 valence electrons. The molecule has 0 saturated heterocycles. The largest absolute Gasteiger partial charge is 0.444 e. The zero-order valence-electron chi connectivity index (χ0n) is 15.5. The molecule has 6 heteroatoms. The number of hydrogen-bond acceptors (Lipinski definition) is 3. The average molecular weight is 350 g/mol. The van der Waals surface area contributed by atoms with Crippen molar-refractivity contribution in [3.05, 3.63) is 35.1 Å². The molecule has 1 fully saturated rings. The van der Waals surface area contributed by atoms with Crippen molar-refractivity contribution in [2.75, 3.05) is 6.54 Å². The molecule has 1 unspecified atom stereocenters. The van der Waals surface area contributed by atoms with Crippen molar-refractivity contribution in [1.82, 2.24) is 10.6 Å². The van der Waals surface area contributed by atoms with Crippen LogP contribution in [0, 0.1) is 18.7 Å². The average Bonchev–Trinajstić information content (AvgIpc) is 3.31. The fraction of sp³-hybridized carbons (Fsp3) is 0.579. The van der Waals surface area contributed by atoms with Crippen molar-refractivity contribution in [2.45, 2.75) is 58.6 Å². The van der Waals surface area contributed by atoms with E-state index in [-0.39, 0.29) is 18.3 Å². The van der Waals surface area contributed by atoms with Crippen molar-refractivity contribution in [3.63, 3.8) is 0 Å². The van der Waals surface area contributed by atoms with Gasteiger partial charge < -0.3 is 15.4 Å². The van der Waals surface area contributed by atoms with E-state index in [1.807, 2.05) is 6.92 Å². The van der Waals surface area contributed by atoms with E-state index in [4.69, 9.17) is 4.74 Å². The van der Waals surface area contributed by atoms with E-state index in [0.717, 1.165) is 12.8 Å². The van der Waals surface area contributed by atoms with Crippen molar-refractivity contribution in [2.24, 2.45) is 5.92 Å². The maximum atomic E-state index is 13.4. The summed E-state index contributed by atoms with van der Waals surface area (Å²) in [6.45, 7) is 9.20. The fourth-order valence-corrected chi connectivity index (χ4v) is 2.70. The third-order valence-corrected chi connectivity index (χ3v) is 4.30. The summed E-state index contributed by atoms with van der Waals surface area (Å²) in [5, 5.41) is 5.75. The number of carbonyl (C=O) groups is 2. The van der Waals surface area contributed by atoms with Gasteiger partial charge in [-0.3, -0.25) is 4.79 Å². The Balaban J connectivity index is 2.02. The molecule has 1 atom stereocenters. The topological polar surface area (TPSA) is 67.4 Å². The molecule has 1 aliphatic carbocycles. The first-order valence-corrected chi connectivity index (χ1v) is 8.56. The quantitative estimate of drug-likeness (QED) is 0.853. The Morgan fingerprint density at radius 1 is 1.24 bits per heavy atom. The van der Waals surface area contributed by atoms with E-state index < -0.39 is 17.2 Å². The molecule has 2 amide bonds. The normalized spacial score (nSPS) is 16.7. The zero-order valence-corrected chi connectivity index (χ0v) is 15.5. The first-order valence-electron chi connectivity index (χ1n) is 8.56. The van der Waals surface area contributed by atoms with Crippen LogP contribution in [0.3, 0.4) is 0 Å². The van der Waals surface area contributed by atoms with E-state index in [1.54, 1.807) is 27.7 Å². The minimum absolute atomic E-state index is 0.275. The number of halogens is 1. The van der Waals surface area contributed by atoms with Gasteiger partial charge in [-0.05, 0) is 77.1 Å². The zero-order chi connectivity index (χ0) is 18.8. The van der Waals surface area contributed by atoms with Crippen LogP contribution in [-0.4, -0.2) is 29.7 Å². The summed E-state index contributed by atoms with van der Waals surface area (Å²) in [6.07, 6.45) is 1.48. The van der Waals surface area contributed by atoms with Gasteiger partial charge in [0.25, 0.3) is 5.91 Å². The van der Waals surface area contributed by atoms with Crippen LogP contribution in [0.15, 0.2) is 18.2 Å². The lowest BCUT2D eigenvalue weighted by Gasteiger charge is -2.32. The second kappa shape index (κ2) is 7.02. The number of benzene rings is 1. The molecule has 1 aliphatic rings. The van der Waals surface area contributed by atoms with Gasteiger partial charge >= 0.3 is 6.09 Å². The molecular formula is C19H27FN2O3. The SMILES string of the molecule is Cc1cc(C(=O)NC(C)(CNC(=O)OC(C)(C)C)C2CC2)ccc1F. The molecule has 0 aliphatic heterocycles. The van der Waals surface area contributed by atoms with E-state index in [2.05, 4.69) is 10.6 Å². The molecule has 1 aromatic rings. The van der Waals surface area contributed by atoms with Crippen molar-refractivity contribution >= 4 is 12.0 Å². The Morgan fingerprint density at radius 3 is 2.40 bits per heavy atom. The van der Waals surface area contributed by atoms with Gasteiger partial charge in [-0.2, -0.15) is 0 Å². The number of rotatable bonds is 5. The molecule has 25 heavy (non-hydrogen) atoms. The summed E-state index contributed by atoms with van der Waals surface area (Å²) >= 11 is 0. The van der Waals surface area contributed by atoms with Gasteiger partial charge in [-0.1, -0.05) is 0 Å². The molecule has 5 nitrogen and oxygen atoms in total. The van der Waals surface area contributed by atoms with Crippen LogP contribution in [-0.2, 0) is 4.74 Å². The number of aryl methyl sites for hydroxylation is 1. The second-order valence-corrected chi connectivity index (χ2v) is 7.97. The fourth-order valence-electron chi connectivity index (χ4n) is 2.70. The highest BCUT2D eigenvalue weighted by Crippen LogP contribution is 2.39. The van der Waals surface area contributed by atoms with Crippen LogP contribution >= 0.6 is 0 Å². The molecule has 0 heterocycles. The maximum absolute atomic E-state index is 13.4. The molecule has 1 aromatic carbocycles. The van der Waals surface area contributed by atoms with Crippen molar-refractivity contribution in [3.8, 4) is 0 Å². The van der Waals surface area contributed by atoms with E-state index in [0.29, 0.717) is 17.0 Å². The van der Waals surface area contributed by atoms with Crippen LogP contribution in [0.4, 0.5) is 9.18 Å². The van der Waals surface area contributed by atoms with Gasteiger partial charge in [0.15, 0.2) is 0 Å². The first-order chi connectivity index (χ1) is 11.5. The van der Waals surface area contributed by atoms with E-state index in [9.17, 15) is 14.0 Å². The Bertz CT molecular complexity index is 665. The predicted molar refractivity (Wildman–Crippen MR) is 94.0 cm³/mol. The van der Waals surface area contributed by atoms with Gasteiger partial charge in [-0.25, -0.2) is 9.18 Å². The molecule has 2 N–H and O–H groups in total. The number of hydrogen-bond donors (Lipinski definition) is 2. The highest BCUT2D eigenvalue weighted by molar-refractivity contribution is 5.95. The van der Waals surface area contributed by atoms with E-state index >= 15 is 0 Å². The highest BCUT2D eigenvalue weighted by atomic mass is 19.1. The van der Waals surface area contributed by atoms with Crippen LogP contribution in [0.5, 0.6) is 0 Å². The number of ether oxygens (including phenoxy) is 1. The summed E-state index contributed by atoms with van der Waals surface area (Å²) in [7, 11) is 0. The second-order valence-electron chi connectivity index (χ2n) is 7.97. The number of nitrogens with one attached hydrogen (secondary N) is 2. The summed E-state index contributed by atoms with van der Waals surface area (Å²) in [6, 6.07) is 4.28. The number of amides is 2. The lowest BCUT2D eigenvalue weighted by molar-refractivity contribution is 0.0502. The summed E-state index contributed by atoms with van der Waals surface area (Å²) < 4.78 is 18.6. The Labute approximate surface area is 148 Å². The minimum Gasteiger partial charge on any atom is -0.444 e. The lowest BCUT2D eigenvalue weighted by Crippen LogP contribution is -2.55. The summed E-state index contributed by atoms with van der Waals surface area (Å²) in [5.41, 5.74) is -0.318. The van der Waals surface area contributed by atoms with Gasteiger partial charge in [0.1, 0.15) is 11.4 Å². The van der Waals surface area contributed by atoms with Crippen molar-refractivity contribution < 1.29 is 18.7 Å². The monoisotopic (exact) mass is 350 g/mol. The smallest absolute Gasteiger partial charge is 0.407 e. The molecule has 1 saturated carbocycles. The standard InChI is InChI=1S/C19H27FN2O3/c1-12-10-13(6-9-15(12)20)16(23)22-19(5,14-7-8-14)11-21-17(24)25-18(2,3)4/h6,9-10,14H,7-8,11H2,1-5H3,(H,21,24)(H,22,23). The molecule has 2 rings (SSSR count). The van der Waals surface area contributed by atoms with Gasteiger partial charge in [-0.15, -0.1) is 0 Å². The molecule has 0 spiro atoms. The third kappa shape index (κ3) is 5.44. The molecule has 0 aromatic heterocycles. The van der Waals surface area contributed by atoms with Crippen molar-refractivity contribution in [1.29, 1.82) is 0 Å². The lowest BCUT2D eigenvalue weighted by atomic mass is 9.94. The summed E-state index contributed by atoms with van der Waals surface area (Å²) in [5.74, 6) is -0.315. The van der Waals surface area contributed by atoms with Crippen LogP contribution in [0.1, 0.15) is 56.5 Å².